The van der Waals surface area contributed by atoms with E-state index in [1.807, 2.05) is 6.07 Å². The second kappa shape index (κ2) is 8.68. The van der Waals surface area contributed by atoms with Gasteiger partial charge in [-0.1, -0.05) is 37.3 Å². The topological polar surface area (TPSA) is 34.1 Å². The number of benzene rings is 2. The van der Waals surface area contributed by atoms with Crippen LogP contribution in [0, 0.1) is 0 Å². The van der Waals surface area contributed by atoms with Crippen LogP contribution in [0.4, 0.5) is 0 Å². The molecule has 2 heterocycles. The quantitative estimate of drug-likeness (QED) is 0.634. The van der Waals surface area contributed by atoms with Gasteiger partial charge in [-0.2, -0.15) is 5.10 Å². The number of nitrogens with zero attached hydrogens (tertiary/aromatic N) is 2. The molecule has 1 atom stereocenters. The van der Waals surface area contributed by atoms with Gasteiger partial charge in [0.1, 0.15) is 0 Å². The maximum atomic E-state index is 5.53. The van der Waals surface area contributed by atoms with Gasteiger partial charge in [0, 0.05) is 24.7 Å². The maximum Gasteiger partial charge on any atom is 0.231 e. The highest BCUT2D eigenvalue weighted by Crippen LogP contribution is 2.33. The largest absolute Gasteiger partial charge is 0.454 e. The normalized spacial score (nSPS) is 16.4. The van der Waals surface area contributed by atoms with Crippen molar-refractivity contribution >= 4 is 5.71 Å². The number of fused-ring (bicyclic) bond motifs is 1. The summed E-state index contributed by atoms with van der Waals surface area (Å²) in [7, 11) is 0. The van der Waals surface area contributed by atoms with E-state index in [4.69, 9.17) is 14.6 Å². The van der Waals surface area contributed by atoms with Crippen molar-refractivity contribution in [2.75, 3.05) is 13.3 Å². The van der Waals surface area contributed by atoms with Crippen molar-refractivity contribution < 1.29 is 9.47 Å². The zero-order chi connectivity index (χ0) is 19.3. The summed E-state index contributed by atoms with van der Waals surface area (Å²) in [5, 5.41) is 7.05. The fourth-order valence-electron chi connectivity index (χ4n) is 4.07. The molecule has 0 spiro atoms. The van der Waals surface area contributed by atoms with E-state index >= 15 is 0 Å². The summed E-state index contributed by atoms with van der Waals surface area (Å²) in [6.45, 7) is 5.92. The Morgan fingerprint density at radius 3 is 2.71 bits per heavy atom. The van der Waals surface area contributed by atoms with Crippen LogP contribution in [0.2, 0.25) is 0 Å². The molecule has 0 aliphatic carbocycles. The van der Waals surface area contributed by atoms with E-state index in [0.29, 0.717) is 12.8 Å². The molecule has 0 fully saturated rings. The third-order valence-corrected chi connectivity index (χ3v) is 5.83. The summed E-state index contributed by atoms with van der Waals surface area (Å²) >= 11 is 0. The number of aryl methyl sites for hydroxylation is 1. The fourth-order valence-corrected chi connectivity index (χ4v) is 4.07. The van der Waals surface area contributed by atoms with E-state index in [-0.39, 0.29) is 0 Å². The van der Waals surface area contributed by atoms with Crippen LogP contribution in [-0.2, 0) is 12.8 Å². The number of ether oxygens (including phenoxy) is 2. The summed E-state index contributed by atoms with van der Waals surface area (Å²) in [6.07, 6.45) is 6.63. The molecule has 2 aliphatic rings. The molecule has 2 aromatic carbocycles. The maximum absolute atomic E-state index is 5.53. The number of hydrazone groups is 1. The summed E-state index contributed by atoms with van der Waals surface area (Å²) in [4.78, 5) is 0. The van der Waals surface area contributed by atoms with Crippen LogP contribution >= 0.6 is 0 Å². The number of rotatable bonds is 8. The van der Waals surface area contributed by atoms with Gasteiger partial charge in [-0.15, -0.1) is 0 Å². The summed E-state index contributed by atoms with van der Waals surface area (Å²) in [5.41, 5.74) is 5.47. The number of hydrogen-bond donors (Lipinski definition) is 0. The molecule has 1 unspecified atom stereocenters. The highest BCUT2D eigenvalue weighted by atomic mass is 16.7. The Kier molecular flexibility index (Phi) is 5.84. The van der Waals surface area contributed by atoms with Gasteiger partial charge >= 0.3 is 0 Å². The Labute approximate surface area is 168 Å². The summed E-state index contributed by atoms with van der Waals surface area (Å²) in [6, 6.07) is 15.6. The first-order chi connectivity index (χ1) is 13.7. The monoisotopic (exact) mass is 378 g/mol. The van der Waals surface area contributed by atoms with Gasteiger partial charge < -0.3 is 9.47 Å². The van der Waals surface area contributed by atoms with E-state index in [1.165, 1.54) is 35.2 Å². The predicted molar refractivity (Wildman–Crippen MR) is 113 cm³/mol. The first-order valence-corrected chi connectivity index (χ1v) is 10.5. The molecule has 4 nitrogen and oxygen atoms in total. The van der Waals surface area contributed by atoms with Gasteiger partial charge in [-0.05, 0) is 67.9 Å². The molecule has 0 N–H and O–H groups in total. The van der Waals surface area contributed by atoms with Crippen molar-refractivity contribution in [1.82, 2.24) is 5.01 Å². The molecule has 0 saturated heterocycles. The molecule has 0 bridgehead atoms. The van der Waals surface area contributed by atoms with Crippen LogP contribution in [0.5, 0.6) is 11.5 Å². The van der Waals surface area contributed by atoms with Crippen LogP contribution in [0.1, 0.15) is 56.2 Å². The highest BCUT2D eigenvalue weighted by molar-refractivity contribution is 5.85. The first kappa shape index (κ1) is 18.9. The molecule has 0 radical (unpaired) electrons. The fraction of sp³-hybridized carbons (Fsp3) is 0.458. The van der Waals surface area contributed by atoms with E-state index < -0.39 is 0 Å². The van der Waals surface area contributed by atoms with Crippen LogP contribution in [0.3, 0.4) is 0 Å². The lowest BCUT2D eigenvalue weighted by atomic mass is 9.95. The molecule has 2 aliphatic heterocycles. The zero-order valence-corrected chi connectivity index (χ0v) is 17.0. The van der Waals surface area contributed by atoms with Crippen LogP contribution in [-0.4, -0.2) is 30.1 Å². The van der Waals surface area contributed by atoms with E-state index in [0.717, 1.165) is 43.7 Å². The third kappa shape index (κ3) is 4.32. The van der Waals surface area contributed by atoms with Gasteiger partial charge in [0.25, 0.3) is 0 Å². The Morgan fingerprint density at radius 1 is 1.07 bits per heavy atom. The second-order valence-corrected chi connectivity index (χ2v) is 7.81. The second-order valence-electron chi connectivity index (χ2n) is 7.81. The molecular formula is C24H30N2O2. The number of hydrogen-bond acceptors (Lipinski definition) is 4. The van der Waals surface area contributed by atoms with E-state index in [1.54, 1.807) is 0 Å². The summed E-state index contributed by atoms with van der Waals surface area (Å²) < 4.78 is 10.9. The smallest absolute Gasteiger partial charge is 0.231 e. The standard InChI is InChI=1S/C24H30N2O2/c1-3-22-13-14-26(25-22)18(2)7-6-10-20-8-4-5-9-21(20)15-19-11-12-23-24(16-19)28-17-27-23/h4-5,8-9,11-12,16,18H,3,6-7,10,13-15,17H2,1-2H3. The molecule has 4 rings (SSSR count). The highest BCUT2D eigenvalue weighted by Gasteiger charge is 2.18. The third-order valence-electron chi connectivity index (χ3n) is 5.83. The van der Waals surface area contributed by atoms with Gasteiger partial charge in [0.15, 0.2) is 11.5 Å². The molecule has 2 aromatic rings. The minimum Gasteiger partial charge on any atom is -0.454 e. The Hall–Kier alpha value is -2.49. The molecule has 0 aromatic heterocycles. The molecular weight excluding hydrogens is 348 g/mol. The average molecular weight is 379 g/mol. The van der Waals surface area contributed by atoms with Gasteiger partial charge in [-0.25, -0.2) is 0 Å². The van der Waals surface area contributed by atoms with Gasteiger partial charge in [0.2, 0.25) is 6.79 Å². The molecule has 0 saturated carbocycles. The minimum absolute atomic E-state index is 0.328. The lowest BCUT2D eigenvalue weighted by molar-refractivity contribution is 0.174. The van der Waals surface area contributed by atoms with E-state index in [9.17, 15) is 0 Å². The lowest BCUT2D eigenvalue weighted by Gasteiger charge is -2.22. The molecule has 0 amide bonds. The molecule has 28 heavy (non-hydrogen) atoms. The molecule has 4 heteroatoms. The van der Waals surface area contributed by atoms with Gasteiger partial charge in [-0.3, -0.25) is 5.01 Å². The van der Waals surface area contributed by atoms with Crippen molar-refractivity contribution in [3.05, 3.63) is 59.2 Å². The van der Waals surface area contributed by atoms with Crippen molar-refractivity contribution in [2.24, 2.45) is 5.10 Å². The minimum atomic E-state index is 0.328. The Balaban J connectivity index is 1.35. The molecule has 148 valence electrons. The Morgan fingerprint density at radius 2 is 1.89 bits per heavy atom. The van der Waals surface area contributed by atoms with Crippen molar-refractivity contribution in [3.63, 3.8) is 0 Å². The zero-order valence-electron chi connectivity index (χ0n) is 17.0. The van der Waals surface area contributed by atoms with Crippen molar-refractivity contribution in [2.45, 2.75) is 58.4 Å². The van der Waals surface area contributed by atoms with Crippen molar-refractivity contribution in [1.29, 1.82) is 0 Å². The Bertz CT molecular complexity index is 846. The lowest BCUT2D eigenvalue weighted by Crippen LogP contribution is -2.26. The average Bonchev–Trinajstić information content (AvgIpc) is 3.38. The van der Waals surface area contributed by atoms with Crippen LogP contribution in [0.15, 0.2) is 47.6 Å². The van der Waals surface area contributed by atoms with Gasteiger partial charge in [0.05, 0.1) is 0 Å². The van der Waals surface area contributed by atoms with Crippen molar-refractivity contribution in [3.8, 4) is 11.5 Å². The van der Waals surface area contributed by atoms with Crippen LogP contribution < -0.4 is 9.47 Å². The first-order valence-electron chi connectivity index (χ1n) is 10.5. The van der Waals surface area contributed by atoms with Crippen LogP contribution in [0.25, 0.3) is 0 Å². The predicted octanol–water partition coefficient (Wildman–Crippen LogP) is 5.19. The summed E-state index contributed by atoms with van der Waals surface area (Å²) in [5.74, 6) is 1.71. The van der Waals surface area contributed by atoms with E-state index in [2.05, 4.69) is 55.3 Å². The SMILES string of the molecule is CCC1=NN(C(C)CCCc2ccccc2Cc2ccc3c(c2)OCO3)CC1.